The summed E-state index contributed by atoms with van der Waals surface area (Å²) in [5, 5.41) is 2.79. The maximum atomic E-state index is 12.1. The number of methoxy groups -OCH3 is 1. The predicted octanol–water partition coefficient (Wildman–Crippen LogP) is 4.05. The number of carbonyl (C=O) groups excluding carboxylic acids is 1. The number of esters is 1. The van der Waals surface area contributed by atoms with Crippen LogP contribution in [0, 0.1) is 0 Å². The first kappa shape index (κ1) is 24.3. The Labute approximate surface area is 167 Å². The number of alkyl halides is 3. The van der Waals surface area contributed by atoms with Crippen LogP contribution in [-0.4, -0.2) is 31.9 Å². The van der Waals surface area contributed by atoms with E-state index in [0.717, 1.165) is 25.7 Å². The van der Waals surface area contributed by atoms with Gasteiger partial charge in [-0.05, 0) is 37.1 Å². The molecule has 0 aliphatic heterocycles. The quantitative estimate of drug-likeness (QED) is 0.180. The average Bonchev–Trinajstić information content (AvgIpc) is 2.54. The second kappa shape index (κ2) is 12.6. The monoisotopic (exact) mass is 489 g/mol. The van der Waals surface area contributed by atoms with Crippen molar-refractivity contribution in [2.24, 2.45) is 10.7 Å². The summed E-state index contributed by atoms with van der Waals surface area (Å²) in [6.07, 6.45) is -0.891. The van der Waals surface area contributed by atoms with Crippen LogP contribution in [0.2, 0.25) is 0 Å². The second-order valence-corrected chi connectivity index (χ2v) is 5.20. The minimum atomic E-state index is -4.72. The van der Waals surface area contributed by atoms with E-state index >= 15 is 0 Å². The van der Waals surface area contributed by atoms with Crippen LogP contribution in [0.3, 0.4) is 0 Å². The zero-order chi connectivity index (χ0) is 18.7. The number of ether oxygens (including phenoxy) is 2. The first-order valence-electron chi connectivity index (χ1n) is 7.80. The highest BCUT2D eigenvalue weighted by molar-refractivity contribution is 14.0. The highest BCUT2D eigenvalue weighted by atomic mass is 127. The zero-order valence-corrected chi connectivity index (χ0v) is 16.7. The van der Waals surface area contributed by atoms with Crippen LogP contribution in [-0.2, 0) is 9.53 Å². The molecule has 148 valence electrons. The Morgan fingerprint density at radius 3 is 2.35 bits per heavy atom. The Bertz CT molecular complexity index is 566. The number of carbonyl (C=O) groups is 1. The largest absolute Gasteiger partial charge is 0.573 e. The lowest BCUT2D eigenvalue weighted by Gasteiger charge is -2.10. The first-order valence-corrected chi connectivity index (χ1v) is 7.80. The van der Waals surface area contributed by atoms with Crippen LogP contribution in [0.4, 0.5) is 18.9 Å². The van der Waals surface area contributed by atoms with Gasteiger partial charge in [0, 0.05) is 18.7 Å². The maximum Gasteiger partial charge on any atom is 0.573 e. The van der Waals surface area contributed by atoms with Gasteiger partial charge >= 0.3 is 12.3 Å². The van der Waals surface area contributed by atoms with Crippen molar-refractivity contribution >= 4 is 41.6 Å². The van der Waals surface area contributed by atoms with Crippen LogP contribution < -0.4 is 15.8 Å². The Morgan fingerprint density at radius 2 is 1.77 bits per heavy atom. The summed E-state index contributed by atoms with van der Waals surface area (Å²) < 4.78 is 44.5. The van der Waals surface area contributed by atoms with Crippen molar-refractivity contribution in [2.45, 2.75) is 38.5 Å². The van der Waals surface area contributed by atoms with Gasteiger partial charge in [-0.15, -0.1) is 37.1 Å². The van der Waals surface area contributed by atoms with Crippen LogP contribution >= 0.6 is 24.0 Å². The maximum absolute atomic E-state index is 12.1. The molecule has 0 aliphatic carbocycles. The third kappa shape index (κ3) is 11.8. The molecule has 26 heavy (non-hydrogen) atoms. The minimum absolute atomic E-state index is 0. The summed E-state index contributed by atoms with van der Waals surface area (Å²) in [5.74, 6) is -0.335. The molecule has 0 amide bonds. The molecule has 1 aromatic rings. The molecule has 0 spiro atoms. The molecule has 0 radical (unpaired) electrons. The molecule has 1 aromatic carbocycles. The van der Waals surface area contributed by atoms with Crippen molar-refractivity contribution in [2.75, 3.05) is 19.0 Å². The molecular weight excluding hydrogens is 466 g/mol. The normalized spacial score (nSPS) is 11.5. The van der Waals surface area contributed by atoms with Crippen molar-refractivity contribution < 1.29 is 27.4 Å². The fourth-order valence-electron chi connectivity index (χ4n) is 1.96. The number of nitrogens with two attached hydrogens (primary N) is 1. The van der Waals surface area contributed by atoms with Gasteiger partial charge in [0.05, 0.1) is 7.11 Å². The van der Waals surface area contributed by atoms with Crippen molar-refractivity contribution in [3.05, 3.63) is 24.3 Å². The predicted molar refractivity (Wildman–Crippen MR) is 104 cm³/mol. The van der Waals surface area contributed by atoms with Gasteiger partial charge in [-0.25, -0.2) is 0 Å². The van der Waals surface area contributed by atoms with E-state index in [9.17, 15) is 18.0 Å². The van der Waals surface area contributed by atoms with Gasteiger partial charge in [-0.2, -0.15) is 0 Å². The molecule has 10 heteroatoms. The fourth-order valence-corrected chi connectivity index (χ4v) is 1.96. The first-order chi connectivity index (χ1) is 11.8. The van der Waals surface area contributed by atoms with Gasteiger partial charge in [0.2, 0.25) is 0 Å². The lowest BCUT2D eigenvalue weighted by Crippen LogP contribution is -2.23. The summed E-state index contributed by atoms with van der Waals surface area (Å²) >= 11 is 0. The summed E-state index contributed by atoms with van der Waals surface area (Å²) in [6, 6.07) is 5.20. The van der Waals surface area contributed by atoms with Crippen molar-refractivity contribution in [3.8, 4) is 5.75 Å². The van der Waals surface area contributed by atoms with Gasteiger partial charge in [0.15, 0.2) is 5.96 Å². The number of benzene rings is 1. The van der Waals surface area contributed by atoms with E-state index < -0.39 is 6.36 Å². The van der Waals surface area contributed by atoms with Crippen molar-refractivity contribution in [3.63, 3.8) is 0 Å². The third-order valence-electron chi connectivity index (χ3n) is 3.16. The lowest BCUT2D eigenvalue weighted by molar-refractivity contribution is -0.274. The van der Waals surface area contributed by atoms with Crippen LogP contribution in [0.1, 0.15) is 32.1 Å². The molecule has 0 bridgehead atoms. The molecule has 0 fully saturated rings. The molecule has 1 rings (SSSR count). The summed E-state index contributed by atoms with van der Waals surface area (Å²) in [6.45, 7) is 0.520. The van der Waals surface area contributed by atoms with Gasteiger partial charge < -0.3 is 20.5 Å². The smallest absolute Gasteiger partial charge is 0.469 e. The van der Waals surface area contributed by atoms with Gasteiger partial charge in [0.25, 0.3) is 0 Å². The topological polar surface area (TPSA) is 85.9 Å². The summed E-state index contributed by atoms with van der Waals surface area (Å²) in [4.78, 5) is 15.1. The summed E-state index contributed by atoms with van der Waals surface area (Å²) in [7, 11) is 1.36. The third-order valence-corrected chi connectivity index (χ3v) is 3.16. The number of halogens is 4. The average molecular weight is 489 g/mol. The molecule has 0 aliphatic rings. The molecule has 0 unspecified atom stereocenters. The van der Waals surface area contributed by atoms with E-state index in [1.807, 2.05) is 0 Å². The number of hydrogen-bond donors (Lipinski definition) is 2. The summed E-state index contributed by atoms with van der Waals surface area (Å²) in [5.41, 5.74) is 6.22. The van der Waals surface area contributed by atoms with E-state index in [1.54, 1.807) is 0 Å². The molecule has 3 N–H and O–H groups in total. The molecular formula is C16H23F3IN3O3. The van der Waals surface area contributed by atoms with E-state index in [1.165, 1.54) is 31.4 Å². The van der Waals surface area contributed by atoms with Crippen LogP contribution in [0.15, 0.2) is 29.3 Å². The number of unbranched alkanes of at least 4 members (excludes halogenated alkanes) is 3. The van der Waals surface area contributed by atoms with Gasteiger partial charge in [-0.3, -0.25) is 9.79 Å². The minimum Gasteiger partial charge on any atom is -0.469 e. The molecule has 0 heterocycles. The standard InChI is InChI=1S/C16H22F3N3O3.HI/c1-24-14(23)6-4-2-3-5-11-21-15(20)22-12-7-9-13(10-8-12)25-16(17,18)19;/h7-10H,2-6,11H2,1H3,(H3,20,21,22);1H. The molecule has 0 saturated carbocycles. The number of aliphatic imine (C=N–C) groups is 1. The lowest BCUT2D eigenvalue weighted by atomic mass is 10.1. The van der Waals surface area contributed by atoms with E-state index in [0.29, 0.717) is 18.7 Å². The van der Waals surface area contributed by atoms with Gasteiger partial charge in [-0.1, -0.05) is 12.8 Å². The fraction of sp³-hybridized carbons (Fsp3) is 0.500. The number of hydrogen-bond acceptors (Lipinski definition) is 4. The Hall–Kier alpha value is -1.72. The second-order valence-electron chi connectivity index (χ2n) is 5.20. The van der Waals surface area contributed by atoms with Crippen molar-refractivity contribution in [1.29, 1.82) is 0 Å². The van der Waals surface area contributed by atoms with Crippen molar-refractivity contribution in [1.82, 2.24) is 0 Å². The van der Waals surface area contributed by atoms with Crippen LogP contribution in [0.5, 0.6) is 5.75 Å². The Kier molecular flexibility index (Phi) is 11.8. The molecule has 0 atom stereocenters. The number of guanidine groups is 1. The van der Waals surface area contributed by atoms with E-state index in [-0.39, 0.29) is 41.7 Å². The number of rotatable bonds is 9. The Morgan fingerprint density at radius 1 is 1.15 bits per heavy atom. The molecule has 6 nitrogen and oxygen atoms in total. The highest BCUT2D eigenvalue weighted by Crippen LogP contribution is 2.23. The SMILES string of the molecule is COC(=O)CCCCCCN=C(N)Nc1ccc(OC(F)(F)F)cc1.I. The highest BCUT2D eigenvalue weighted by Gasteiger charge is 2.30. The Balaban J connectivity index is 0.00000625. The number of anilines is 1. The van der Waals surface area contributed by atoms with Crippen LogP contribution in [0.25, 0.3) is 0 Å². The molecule has 0 aromatic heterocycles. The van der Waals surface area contributed by atoms with Gasteiger partial charge in [0.1, 0.15) is 5.75 Å². The van der Waals surface area contributed by atoms with E-state index in [4.69, 9.17) is 5.73 Å². The number of nitrogens with zero attached hydrogens (tertiary/aromatic N) is 1. The number of nitrogens with one attached hydrogen (secondary N) is 1. The van der Waals surface area contributed by atoms with E-state index in [2.05, 4.69) is 19.8 Å². The zero-order valence-electron chi connectivity index (χ0n) is 14.3. The molecule has 0 saturated heterocycles.